The number of rotatable bonds is 7. The van der Waals surface area contributed by atoms with Crippen molar-refractivity contribution in [3.05, 3.63) is 35.4 Å². The van der Waals surface area contributed by atoms with Gasteiger partial charge in [-0.15, -0.1) is 0 Å². The summed E-state index contributed by atoms with van der Waals surface area (Å²) in [4.78, 5) is 0. The van der Waals surface area contributed by atoms with E-state index in [1.807, 2.05) is 24.3 Å². The van der Waals surface area contributed by atoms with Crippen molar-refractivity contribution >= 4 is 10.0 Å². The van der Waals surface area contributed by atoms with Crippen LogP contribution >= 0.6 is 0 Å². The molecule has 1 aromatic rings. The Morgan fingerprint density at radius 3 is 2.45 bits per heavy atom. The standard InChI is InChI=1S/C15H22N2O2S/c16-9-13-2-1-3-14(8-13)11-20(18,19)17(15-6-7-15)10-12-4-5-12/h1-3,8,12,15H,4-7,9-11,16H2. The maximum absolute atomic E-state index is 12.6. The number of nitrogens with zero attached hydrogens (tertiary/aromatic N) is 1. The predicted octanol–water partition coefficient (Wildman–Crippen LogP) is 1.85. The second-order valence-electron chi connectivity index (χ2n) is 6.02. The number of benzene rings is 1. The lowest BCUT2D eigenvalue weighted by atomic mass is 10.1. The predicted molar refractivity (Wildman–Crippen MR) is 79.4 cm³/mol. The van der Waals surface area contributed by atoms with Gasteiger partial charge >= 0.3 is 0 Å². The fourth-order valence-corrected chi connectivity index (χ4v) is 4.42. The second kappa shape index (κ2) is 5.47. The Bertz CT molecular complexity index is 577. The van der Waals surface area contributed by atoms with Crippen LogP contribution in [0, 0.1) is 5.92 Å². The topological polar surface area (TPSA) is 63.4 Å². The van der Waals surface area contributed by atoms with E-state index in [-0.39, 0.29) is 11.8 Å². The van der Waals surface area contributed by atoms with E-state index >= 15 is 0 Å². The molecule has 0 unspecified atom stereocenters. The molecule has 20 heavy (non-hydrogen) atoms. The molecule has 0 radical (unpaired) electrons. The molecule has 2 saturated carbocycles. The summed E-state index contributed by atoms with van der Waals surface area (Å²) < 4.78 is 27.0. The van der Waals surface area contributed by atoms with Crippen LogP contribution in [0.3, 0.4) is 0 Å². The van der Waals surface area contributed by atoms with Gasteiger partial charge in [0.25, 0.3) is 0 Å². The molecule has 5 heteroatoms. The maximum atomic E-state index is 12.6. The summed E-state index contributed by atoms with van der Waals surface area (Å²) in [6.07, 6.45) is 4.41. The molecule has 2 aliphatic rings. The summed E-state index contributed by atoms with van der Waals surface area (Å²) in [5.74, 6) is 0.699. The first-order valence-corrected chi connectivity index (χ1v) is 8.97. The van der Waals surface area contributed by atoms with Gasteiger partial charge in [-0.05, 0) is 42.7 Å². The van der Waals surface area contributed by atoms with Crippen molar-refractivity contribution in [3.63, 3.8) is 0 Å². The maximum Gasteiger partial charge on any atom is 0.218 e. The van der Waals surface area contributed by atoms with Crippen LogP contribution in [0.15, 0.2) is 24.3 Å². The number of sulfonamides is 1. The summed E-state index contributed by atoms with van der Waals surface area (Å²) >= 11 is 0. The van der Waals surface area contributed by atoms with Gasteiger partial charge < -0.3 is 5.73 Å². The summed E-state index contributed by atoms with van der Waals surface area (Å²) in [6.45, 7) is 1.17. The van der Waals surface area contributed by atoms with Crippen molar-refractivity contribution < 1.29 is 8.42 Å². The molecule has 4 nitrogen and oxygen atoms in total. The Morgan fingerprint density at radius 2 is 1.85 bits per heavy atom. The first-order chi connectivity index (χ1) is 9.58. The largest absolute Gasteiger partial charge is 0.326 e. The average molecular weight is 294 g/mol. The lowest BCUT2D eigenvalue weighted by Gasteiger charge is -2.22. The lowest BCUT2D eigenvalue weighted by Crippen LogP contribution is -2.35. The molecule has 0 bridgehead atoms. The highest BCUT2D eigenvalue weighted by atomic mass is 32.2. The van der Waals surface area contributed by atoms with Crippen LogP contribution in [0.2, 0.25) is 0 Å². The number of hydrogen-bond acceptors (Lipinski definition) is 3. The fourth-order valence-electron chi connectivity index (χ4n) is 2.55. The third-order valence-electron chi connectivity index (χ3n) is 4.02. The molecule has 0 atom stereocenters. The Balaban J connectivity index is 1.75. The zero-order chi connectivity index (χ0) is 14.2. The highest BCUT2D eigenvalue weighted by Crippen LogP contribution is 2.37. The minimum atomic E-state index is -3.20. The van der Waals surface area contributed by atoms with Crippen molar-refractivity contribution in [1.29, 1.82) is 0 Å². The van der Waals surface area contributed by atoms with E-state index in [1.54, 1.807) is 4.31 Å². The highest BCUT2D eigenvalue weighted by Gasteiger charge is 2.40. The van der Waals surface area contributed by atoms with Gasteiger partial charge in [-0.2, -0.15) is 4.31 Å². The van der Waals surface area contributed by atoms with Gasteiger partial charge in [0.05, 0.1) is 5.75 Å². The molecule has 0 aliphatic heterocycles. The van der Waals surface area contributed by atoms with Gasteiger partial charge in [-0.3, -0.25) is 0 Å². The molecule has 0 aromatic heterocycles. The van der Waals surface area contributed by atoms with Gasteiger partial charge in [-0.1, -0.05) is 24.3 Å². The van der Waals surface area contributed by atoms with E-state index in [9.17, 15) is 8.42 Å². The van der Waals surface area contributed by atoms with Gasteiger partial charge in [0.2, 0.25) is 10.0 Å². The van der Waals surface area contributed by atoms with E-state index in [2.05, 4.69) is 0 Å². The van der Waals surface area contributed by atoms with Crippen molar-refractivity contribution in [1.82, 2.24) is 4.31 Å². The monoisotopic (exact) mass is 294 g/mol. The molecule has 0 amide bonds. The van der Waals surface area contributed by atoms with Crippen LogP contribution in [0.1, 0.15) is 36.8 Å². The molecule has 2 N–H and O–H groups in total. The van der Waals surface area contributed by atoms with Gasteiger partial charge in [-0.25, -0.2) is 8.42 Å². The van der Waals surface area contributed by atoms with Gasteiger partial charge in [0.1, 0.15) is 0 Å². The summed E-state index contributed by atoms with van der Waals surface area (Å²) in [5, 5.41) is 0. The Hall–Kier alpha value is -0.910. The highest BCUT2D eigenvalue weighted by molar-refractivity contribution is 7.88. The molecule has 0 heterocycles. The molecule has 1 aromatic carbocycles. The van der Waals surface area contributed by atoms with E-state index in [0.29, 0.717) is 12.5 Å². The van der Waals surface area contributed by atoms with Crippen molar-refractivity contribution in [2.75, 3.05) is 6.54 Å². The summed E-state index contributed by atoms with van der Waals surface area (Å²) in [7, 11) is -3.20. The molecule has 2 fully saturated rings. The van der Waals surface area contributed by atoms with Crippen molar-refractivity contribution in [2.24, 2.45) is 11.7 Å². The molecule has 3 rings (SSSR count). The molecule has 2 aliphatic carbocycles. The zero-order valence-corrected chi connectivity index (χ0v) is 12.5. The normalized spacial score (nSPS) is 19.5. The molecule has 0 saturated heterocycles. The van der Waals surface area contributed by atoms with Crippen LogP contribution < -0.4 is 5.73 Å². The SMILES string of the molecule is NCc1cccc(CS(=O)(=O)N(CC2CC2)C2CC2)c1. The van der Waals surface area contributed by atoms with E-state index in [1.165, 1.54) is 12.8 Å². The number of hydrogen-bond donors (Lipinski definition) is 1. The molecular weight excluding hydrogens is 272 g/mol. The van der Waals surface area contributed by atoms with Crippen molar-refractivity contribution in [3.8, 4) is 0 Å². The van der Waals surface area contributed by atoms with E-state index in [4.69, 9.17) is 5.73 Å². The second-order valence-corrected chi connectivity index (χ2v) is 7.95. The summed E-state index contributed by atoms with van der Waals surface area (Å²) in [5.41, 5.74) is 7.44. The molecule has 110 valence electrons. The quantitative estimate of drug-likeness (QED) is 0.834. The third kappa shape index (κ3) is 3.40. The Morgan fingerprint density at radius 1 is 1.15 bits per heavy atom. The summed E-state index contributed by atoms with van der Waals surface area (Å²) in [6, 6.07) is 7.85. The smallest absolute Gasteiger partial charge is 0.218 e. The van der Waals surface area contributed by atoms with E-state index < -0.39 is 10.0 Å². The van der Waals surface area contributed by atoms with Crippen LogP contribution in [0.25, 0.3) is 0 Å². The minimum absolute atomic E-state index is 0.101. The Kier molecular flexibility index (Phi) is 3.84. The van der Waals surface area contributed by atoms with Gasteiger partial charge in [0, 0.05) is 19.1 Å². The van der Waals surface area contributed by atoms with Gasteiger partial charge in [0.15, 0.2) is 0 Å². The first-order valence-electron chi connectivity index (χ1n) is 7.36. The first kappa shape index (κ1) is 14.0. The zero-order valence-electron chi connectivity index (χ0n) is 11.7. The number of nitrogens with two attached hydrogens (primary N) is 1. The lowest BCUT2D eigenvalue weighted by molar-refractivity contribution is 0.388. The third-order valence-corrected chi connectivity index (χ3v) is 5.88. The average Bonchev–Trinajstić information content (AvgIpc) is 3.27. The van der Waals surface area contributed by atoms with E-state index in [0.717, 1.165) is 30.5 Å². The minimum Gasteiger partial charge on any atom is -0.326 e. The molecular formula is C15H22N2O2S. The van der Waals surface area contributed by atoms with Crippen LogP contribution in [0.5, 0.6) is 0 Å². The van der Waals surface area contributed by atoms with Crippen LogP contribution in [-0.2, 0) is 22.3 Å². The Labute approximate surface area is 121 Å². The van der Waals surface area contributed by atoms with Crippen molar-refractivity contribution in [2.45, 2.75) is 44.0 Å². The molecule has 0 spiro atoms. The van der Waals surface area contributed by atoms with Crippen LogP contribution in [-0.4, -0.2) is 25.3 Å². The van der Waals surface area contributed by atoms with Crippen LogP contribution in [0.4, 0.5) is 0 Å². The fraction of sp³-hybridized carbons (Fsp3) is 0.600.